The van der Waals surface area contributed by atoms with E-state index in [1.54, 1.807) is 7.11 Å². The fourth-order valence-corrected chi connectivity index (χ4v) is 4.18. The fraction of sp³-hybridized carbons (Fsp3) is 0.682. The number of guanidine groups is 1. The van der Waals surface area contributed by atoms with Gasteiger partial charge in [-0.25, -0.2) is 0 Å². The molecule has 0 spiro atoms. The van der Waals surface area contributed by atoms with Crippen LogP contribution in [-0.2, 0) is 6.54 Å². The zero-order chi connectivity index (χ0) is 19.8. The summed E-state index contributed by atoms with van der Waals surface area (Å²) in [4.78, 5) is 6.89. The molecule has 1 aromatic carbocycles. The number of nitrogens with zero attached hydrogens (tertiary/aromatic N) is 2. The number of hydrogen-bond donors (Lipinski definition) is 2. The number of likely N-dealkylation sites (tertiary alicyclic amines) is 1. The van der Waals surface area contributed by atoms with Gasteiger partial charge in [-0.15, -0.1) is 24.0 Å². The number of ether oxygens (including phenoxy) is 2. The van der Waals surface area contributed by atoms with Crippen LogP contribution in [0.15, 0.2) is 23.2 Å². The maximum absolute atomic E-state index is 6.33. The molecule has 3 rings (SSSR count). The average molecular weight is 516 g/mol. The Morgan fingerprint density at radius 2 is 2.00 bits per heavy atom. The summed E-state index contributed by atoms with van der Waals surface area (Å²) in [5.41, 5.74) is 1.10. The van der Waals surface area contributed by atoms with Crippen molar-refractivity contribution in [1.82, 2.24) is 15.5 Å². The summed E-state index contributed by atoms with van der Waals surface area (Å²) in [5, 5.41) is 6.93. The monoisotopic (exact) mass is 516 g/mol. The molecule has 1 saturated carbocycles. The van der Waals surface area contributed by atoms with E-state index in [1.807, 2.05) is 19.2 Å². The van der Waals surface area contributed by atoms with Crippen molar-refractivity contribution in [2.24, 2.45) is 10.9 Å². The first kappa shape index (κ1) is 24.1. The first-order chi connectivity index (χ1) is 13.7. The molecule has 1 aliphatic heterocycles. The van der Waals surface area contributed by atoms with Crippen LogP contribution in [0.5, 0.6) is 11.5 Å². The number of aliphatic imine (C=N–C) groups is 1. The topological polar surface area (TPSA) is 58.1 Å². The lowest BCUT2D eigenvalue weighted by Crippen LogP contribution is -2.40. The number of rotatable bonds is 8. The Kier molecular flexibility index (Phi) is 10.3. The molecule has 29 heavy (non-hydrogen) atoms. The highest BCUT2D eigenvalue weighted by molar-refractivity contribution is 14.0. The lowest BCUT2D eigenvalue weighted by Gasteiger charge is -2.20. The molecule has 1 heterocycles. The van der Waals surface area contributed by atoms with Gasteiger partial charge in [-0.3, -0.25) is 4.99 Å². The van der Waals surface area contributed by atoms with E-state index < -0.39 is 0 Å². The van der Waals surface area contributed by atoms with Crippen molar-refractivity contribution in [2.45, 2.75) is 51.7 Å². The molecule has 164 valence electrons. The highest BCUT2D eigenvalue weighted by Crippen LogP contribution is 2.34. The van der Waals surface area contributed by atoms with E-state index in [2.05, 4.69) is 33.5 Å². The third-order valence-electron chi connectivity index (χ3n) is 5.91. The van der Waals surface area contributed by atoms with Gasteiger partial charge in [0, 0.05) is 32.2 Å². The minimum atomic E-state index is 0. The molecule has 2 aliphatic rings. The van der Waals surface area contributed by atoms with Gasteiger partial charge in [-0.1, -0.05) is 19.1 Å². The summed E-state index contributed by atoms with van der Waals surface area (Å²) in [6.45, 7) is 7.37. The summed E-state index contributed by atoms with van der Waals surface area (Å²) in [5.74, 6) is 3.20. The Bertz CT molecular complexity index is 650. The van der Waals surface area contributed by atoms with Gasteiger partial charge < -0.3 is 25.0 Å². The van der Waals surface area contributed by atoms with Gasteiger partial charge in [-0.05, 0) is 57.2 Å². The first-order valence-electron chi connectivity index (χ1n) is 10.7. The van der Waals surface area contributed by atoms with Gasteiger partial charge in [0.2, 0.25) is 0 Å². The van der Waals surface area contributed by atoms with Crippen LogP contribution in [0.3, 0.4) is 0 Å². The van der Waals surface area contributed by atoms with E-state index in [1.165, 1.54) is 32.4 Å². The molecule has 1 unspecified atom stereocenters. The van der Waals surface area contributed by atoms with Crippen molar-refractivity contribution in [3.05, 3.63) is 23.8 Å². The van der Waals surface area contributed by atoms with E-state index in [9.17, 15) is 0 Å². The molecule has 2 N–H and O–H groups in total. The SMILES string of the molecule is CCN1CCC(CNC(=NC)NCc2cccc(OC)c2OC2CCCC2)C1.I. The molecule has 1 aromatic rings. The van der Waals surface area contributed by atoms with E-state index in [4.69, 9.17) is 9.47 Å². The molecule has 1 atom stereocenters. The van der Waals surface area contributed by atoms with E-state index in [0.717, 1.165) is 49.0 Å². The number of benzene rings is 1. The first-order valence-corrected chi connectivity index (χ1v) is 10.7. The third kappa shape index (κ3) is 6.91. The number of halogens is 1. The summed E-state index contributed by atoms with van der Waals surface area (Å²) >= 11 is 0. The molecule has 1 aliphatic carbocycles. The summed E-state index contributed by atoms with van der Waals surface area (Å²) in [7, 11) is 3.53. The van der Waals surface area contributed by atoms with E-state index in [-0.39, 0.29) is 24.0 Å². The van der Waals surface area contributed by atoms with Gasteiger partial charge in [0.05, 0.1) is 13.2 Å². The van der Waals surface area contributed by atoms with Gasteiger partial charge in [0.1, 0.15) is 0 Å². The highest BCUT2D eigenvalue weighted by atomic mass is 127. The molecule has 0 aromatic heterocycles. The van der Waals surface area contributed by atoms with Gasteiger partial charge in [-0.2, -0.15) is 0 Å². The maximum atomic E-state index is 6.33. The van der Waals surface area contributed by atoms with Crippen LogP contribution in [0, 0.1) is 5.92 Å². The Morgan fingerprint density at radius 1 is 1.21 bits per heavy atom. The minimum absolute atomic E-state index is 0. The van der Waals surface area contributed by atoms with Crippen LogP contribution >= 0.6 is 24.0 Å². The lowest BCUT2D eigenvalue weighted by atomic mass is 10.1. The number of para-hydroxylation sites is 1. The zero-order valence-corrected chi connectivity index (χ0v) is 20.4. The summed E-state index contributed by atoms with van der Waals surface area (Å²) in [6, 6.07) is 6.09. The standard InChI is InChI=1S/C22H36N4O2.HI/c1-4-26-13-12-17(16-26)14-24-22(23-2)25-15-18-8-7-11-20(27-3)21(18)28-19-9-5-6-10-19;/h7-8,11,17,19H,4-6,9-10,12-16H2,1-3H3,(H2,23,24,25);1H. The molecule has 1 saturated heterocycles. The van der Waals surface area contributed by atoms with Crippen molar-refractivity contribution in [2.75, 3.05) is 40.3 Å². The van der Waals surface area contributed by atoms with Gasteiger partial charge in [0.25, 0.3) is 0 Å². The fourth-order valence-electron chi connectivity index (χ4n) is 4.18. The molecule has 0 amide bonds. The highest BCUT2D eigenvalue weighted by Gasteiger charge is 2.22. The molecule has 0 bridgehead atoms. The van der Waals surface area contributed by atoms with Crippen LogP contribution < -0.4 is 20.1 Å². The molecular weight excluding hydrogens is 479 g/mol. The predicted molar refractivity (Wildman–Crippen MR) is 130 cm³/mol. The van der Waals surface area contributed by atoms with Crippen molar-refractivity contribution in [3.63, 3.8) is 0 Å². The van der Waals surface area contributed by atoms with Crippen molar-refractivity contribution in [1.29, 1.82) is 0 Å². The summed E-state index contributed by atoms with van der Waals surface area (Å²) < 4.78 is 11.9. The molecule has 6 nitrogen and oxygen atoms in total. The second-order valence-corrected chi connectivity index (χ2v) is 7.83. The average Bonchev–Trinajstić information content (AvgIpc) is 3.40. The minimum Gasteiger partial charge on any atom is -0.493 e. The third-order valence-corrected chi connectivity index (χ3v) is 5.91. The van der Waals surface area contributed by atoms with Crippen LogP contribution in [0.2, 0.25) is 0 Å². The van der Waals surface area contributed by atoms with Crippen LogP contribution in [0.4, 0.5) is 0 Å². The van der Waals surface area contributed by atoms with Gasteiger partial charge in [0.15, 0.2) is 17.5 Å². The summed E-state index contributed by atoms with van der Waals surface area (Å²) in [6.07, 6.45) is 6.32. The van der Waals surface area contributed by atoms with Crippen LogP contribution in [0.1, 0.15) is 44.6 Å². The van der Waals surface area contributed by atoms with E-state index in [0.29, 0.717) is 18.6 Å². The van der Waals surface area contributed by atoms with Crippen LogP contribution in [-0.4, -0.2) is 57.3 Å². The maximum Gasteiger partial charge on any atom is 0.191 e. The Labute approximate surface area is 192 Å². The van der Waals surface area contributed by atoms with Crippen molar-refractivity contribution >= 4 is 29.9 Å². The molecule has 0 radical (unpaired) electrons. The number of hydrogen-bond acceptors (Lipinski definition) is 4. The van der Waals surface area contributed by atoms with Crippen LogP contribution in [0.25, 0.3) is 0 Å². The number of nitrogens with one attached hydrogen (secondary N) is 2. The lowest BCUT2D eigenvalue weighted by molar-refractivity contribution is 0.198. The van der Waals surface area contributed by atoms with Crippen molar-refractivity contribution < 1.29 is 9.47 Å². The Morgan fingerprint density at radius 3 is 2.66 bits per heavy atom. The Balaban J connectivity index is 0.00000300. The van der Waals surface area contributed by atoms with E-state index >= 15 is 0 Å². The number of methoxy groups -OCH3 is 1. The molecular formula is C22H37IN4O2. The zero-order valence-electron chi connectivity index (χ0n) is 18.1. The Hall–Kier alpha value is -1.22. The smallest absolute Gasteiger partial charge is 0.191 e. The second-order valence-electron chi connectivity index (χ2n) is 7.83. The van der Waals surface area contributed by atoms with Gasteiger partial charge >= 0.3 is 0 Å². The largest absolute Gasteiger partial charge is 0.493 e. The normalized spacial score (nSPS) is 20.4. The quantitative estimate of drug-likeness (QED) is 0.314. The second kappa shape index (κ2) is 12.5. The molecule has 7 heteroatoms. The molecule has 2 fully saturated rings. The predicted octanol–water partition coefficient (Wildman–Crippen LogP) is 3.64. The van der Waals surface area contributed by atoms with Crippen molar-refractivity contribution in [3.8, 4) is 11.5 Å².